The Morgan fingerprint density at radius 1 is 1.00 bits per heavy atom. The first-order chi connectivity index (χ1) is 22.8. The normalized spacial score (nSPS) is 12.8. The fourth-order valence-corrected chi connectivity index (χ4v) is 5.80. The van der Waals surface area contributed by atoms with Crippen LogP contribution in [0.15, 0.2) is 34.2 Å². The Morgan fingerprint density at radius 3 is 2.34 bits per heavy atom. The second-order valence-corrected chi connectivity index (χ2v) is 11.4. The molecule has 1 aromatic heterocycles. The summed E-state index contributed by atoms with van der Waals surface area (Å²) >= 11 is 0. The maximum atomic E-state index is 14.0. The SMILES string of the molecule is CCCCCCCCCCc1c2c(n(CCOO)c(=O)/c1=C\C=C\c1ccc(N(CC)CC)cc1C(C)=O)=NN(C#CCOO)C2=O. The molecule has 1 aromatic carbocycles. The number of nitrogens with zero attached hydrogens (tertiary/aromatic N) is 4. The number of Topliss-reactive ketones (excluding diaryl/α,β-unsaturated/α-hetero) is 1. The smallest absolute Gasteiger partial charge is 0.290 e. The highest BCUT2D eigenvalue weighted by Crippen LogP contribution is 2.22. The molecule has 0 radical (unpaired) electrons. The summed E-state index contributed by atoms with van der Waals surface area (Å²) < 4.78 is 1.30. The Labute approximate surface area is 276 Å². The van der Waals surface area contributed by atoms with Crippen LogP contribution in [0.25, 0.3) is 12.2 Å². The highest BCUT2D eigenvalue weighted by atomic mass is 17.1. The van der Waals surface area contributed by atoms with Crippen LogP contribution in [0.3, 0.4) is 0 Å². The average Bonchev–Trinajstić information content (AvgIpc) is 3.39. The summed E-state index contributed by atoms with van der Waals surface area (Å²) in [6.07, 6.45) is 14.4. The zero-order chi connectivity index (χ0) is 34.2. The molecule has 11 nitrogen and oxygen atoms in total. The van der Waals surface area contributed by atoms with Gasteiger partial charge in [0.25, 0.3) is 11.5 Å². The molecule has 11 heteroatoms. The van der Waals surface area contributed by atoms with Gasteiger partial charge < -0.3 is 4.90 Å². The van der Waals surface area contributed by atoms with Crippen molar-refractivity contribution in [3.63, 3.8) is 0 Å². The van der Waals surface area contributed by atoms with Gasteiger partial charge in [0, 0.05) is 35.6 Å². The van der Waals surface area contributed by atoms with Crippen LogP contribution in [0.2, 0.25) is 0 Å². The van der Waals surface area contributed by atoms with Crippen LogP contribution in [0.1, 0.15) is 111 Å². The van der Waals surface area contributed by atoms with Crippen molar-refractivity contribution >= 4 is 29.5 Å². The van der Waals surface area contributed by atoms with Gasteiger partial charge in [0.1, 0.15) is 13.2 Å². The topological polar surface area (TPSA) is 134 Å². The molecule has 0 spiro atoms. The number of hydrogen-bond acceptors (Lipinski definition) is 9. The van der Waals surface area contributed by atoms with Gasteiger partial charge >= 0.3 is 0 Å². The Kier molecular flexibility index (Phi) is 15.5. The number of pyridine rings is 1. The van der Waals surface area contributed by atoms with Gasteiger partial charge in [0.2, 0.25) is 0 Å². The highest BCUT2D eigenvalue weighted by Gasteiger charge is 2.30. The maximum Gasteiger partial charge on any atom is 0.290 e. The molecule has 2 N–H and O–H groups in total. The first-order valence-corrected chi connectivity index (χ1v) is 16.6. The molecule has 3 rings (SSSR count). The Morgan fingerprint density at radius 2 is 1.70 bits per heavy atom. The number of hydrogen-bond donors (Lipinski definition) is 2. The first kappa shape index (κ1) is 37.4. The number of ketones is 1. The standard InChI is InChI=1S/C36H48N4O7/c1-5-8-9-10-11-12-13-14-18-30-31(19-15-17-28-20-21-29(38(6-2)7-3)26-32(28)27(4)41)35(42)39(23-25-47-45)34-33(30)36(43)40(37-34)22-16-24-46-44/h15,17,19-21,26,44-45H,5-14,18,23-25H2,1-4H3/b17-15+,31-19-. The van der Waals surface area contributed by atoms with Gasteiger partial charge in [-0.2, -0.15) is 0 Å². The molecule has 0 saturated heterocycles. The lowest BCUT2D eigenvalue weighted by atomic mass is 9.98. The number of rotatable bonds is 19. The molecule has 0 saturated carbocycles. The molecule has 1 aliphatic heterocycles. The van der Waals surface area contributed by atoms with E-state index in [0.717, 1.165) is 49.5 Å². The predicted molar refractivity (Wildman–Crippen MR) is 182 cm³/mol. The minimum atomic E-state index is -0.497. The van der Waals surface area contributed by atoms with Crippen molar-refractivity contribution in [2.45, 2.75) is 92.0 Å². The Balaban J connectivity index is 2.11. The zero-order valence-corrected chi connectivity index (χ0v) is 28.1. The van der Waals surface area contributed by atoms with Gasteiger partial charge in [-0.1, -0.05) is 70.1 Å². The average molecular weight is 649 g/mol. The van der Waals surface area contributed by atoms with E-state index >= 15 is 0 Å². The van der Waals surface area contributed by atoms with Crippen molar-refractivity contribution < 1.29 is 29.9 Å². The lowest BCUT2D eigenvalue weighted by Crippen LogP contribution is -2.47. The van der Waals surface area contributed by atoms with Crippen molar-refractivity contribution in [3.05, 3.63) is 67.6 Å². The van der Waals surface area contributed by atoms with E-state index in [-0.39, 0.29) is 36.6 Å². The van der Waals surface area contributed by atoms with E-state index < -0.39 is 11.5 Å². The van der Waals surface area contributed by atoms with Gasteiger partial charge in [-0.15, -0.1) is 10.1 Å². The van der Waals surface area contributed by atoms with E-state index in [0.29, 0.717) is 28.3 Å². The third-order valence-corrected chi connectivity index (χ3v) is 8.27. The molecule has 1 aliphatic rings. The van der Waals surface area contributed by atoms with Crippen molar-refractivity contribution in [1.82, 2.24) is 9.58 Å². The van der Waals surface area contributed by atoms with Crippen LogP contribution in [0.4, 0.5) is 5.69 Å². The van der Waals surface area contributed by atoms with Crippen molar-refractivity contribution in [1.29, 1.82) is 0 Å². The fourth-order valence-electron chi connectivity index (χ4n) is 5.80. The molecule has 0 unspecified atom stereocenters. The van der Waals surface area contributed by atoms with E-state index in [4.69, 9.17) is 10.5 Å². The number of anilines is 1. The van der Waals surface area contributed by atoms with Gasteiger partial charge in [0.05, 0.1) is 12.1 Å². The number of aromatic nitrogens is 1. The van der Waals surface area contributed by atoms with Crippen LogP contribution >= 0.6 is 0 Å². The maximum absolute atomic E-state index is 14.0. The number of fused-ring (bicyclic) bond motifs is 1. The fraction of sp³-hybridized carbons (Fsp3) is 0.500. The molecule has 0 atom stereocenters. The summed E-state index contributed by atoms with van der Waals surface area (Å²) in [5.74, 6) is 1.94. The van der Waals surface area contributed by atoms with E-state index in [2.05, 4.69) is 52.5 Å². The molecule has 0 aliphatic carbocycles. The largest absolute Gasteiger partial charge is 0.372 e. The van der Waals surface area contributed by atoms with Crippen molar-refractivity contribution in [2.24, 2.45) is 5.10 Å². The van der Waals surface area contributed by atoms with Crippen molar-refractivity contribution in [3.8, 4) is 12.0 Å². The second-order valence-electron chi connectivity index (χ2n) is 11.4. The number of allylic oxidation sites excluding steroid dienone is 1. The molecule has 0 bridgehead atoms. The van der Waals surface area contributed by atoms with E-state index in [1.54, 1.807) is 18.2 Å². The molecule has 2 heterocycles. The van der Waals surface area contributed by atoms with Crippen LogP contribution in [0.5, 0.6) is 0 Å². The lowest BCUT2D eigenvalue weighted by molar-refractivity contribution is -0.244. The highest BCUT2D eigenvalue weighted by molar-refractivity contribution is 5.99. The third kappa shape index (κ3) is 9.95. The van der Waals surface area contributed by atoms with E-state index in [1.807, 2.05) is 18.2 Å². The molecule has 254 valence electrons. The van der Waals surface area contributed by atoms with Crippen molar-refractivity contribution in [2.75, 3.05) is 31.2 Å². The number of benzene rings is 1. The molecular weight excluding hydrogens is 600 g/mol. The van der Waals surface area contributed by atoms with E-state index in [9.17, 15) is 14.4 Å². The quantitative estimate of drug-likeness (QED) is 0.0715. The molecule has 1 amide bonds. The number of carbonyl (C=O) groups excluding carboxylic acids is 2. The summed E-state index contributed by atoms with van der Waals surface area (Å²) in [6.45, 7) is 8.90. The minimum absolute atomic E-state index is 0.0562. The van der Waals surface area contributed by atoms with Gasteiger partial charge in [-0.25, -0.2) is 9.78 Å². The second kappa shape index (κ2) is 19.6. The lowest BCUT2D eigenvalue weighted by Gasteiger charge is -2.22. The molecule has 2 aromatic rings. The van der Waals surface area contributed by atoms with Crippen LogP contribution < -0.4 is 21.2 Å². The summed E-state index contributed by atoms with van der Waals surface area (Å²) in [5, 5.41) is 23.3. The summed E-state index contributed by atoms with van der Waals surface area (Å²) in [7, 11) is 0. The Hall–Kier alpha value is -4.08. The zero-order valence-electron chi connectivity index (χ0n) is 28.1. The Bertz CT molecular complexity index is 1650. The third-order valence-electron chi connectivity index (χ3n) is 8.27. The van der Waals surface area contributed by atoms with Crippen LogP contribution in [-0.2, 0) is 22.7 Å². The summed E-state index contributed by atoms with van der Waals surface area (Å²) in [5.41, 5.74) is 2.82. The molecule has 0 fully saturated rings. The first-order valence-electron chi connectivity index (χ1n) is 16.6. The van der Waals surface area contributed by atoms with Gasteiger partial charge in [0.15, 0.2) is 11.3 Å². The minimum Gasteiger partial charge on any atom is -0.372 e. The van der Waals surface area contributed by atoms with Gasteiger partial charge in [-0.05, 0) is 68.9 Å². The molecular formula is C36H48N4O7. The number of unbranched alkanes of at least 4 members (excludes halogenated alkanes) is 7. The summed E-state index contributed by atoms with van der Waals surface area (Å²) in [4.78, 5) is 50.7. The molecule has 47 heavy (non-hydrogen) atoms. The number of carbonyl (C=O) groups is 2. The monoisotopic (exact) mass is 648 g/mol. The van der Waals surface area contributed by atoms with Crippen LogP contribution in [-0.4, -0.2) is 58.1 Å². The van der Waals surface area contributed by atoms with Gasteiger partial charge in [-0.3, -0.25) is 29.5 Å². The number of amides is 1. The summed E-state index contributed by atoms with van der Waals surface area (Å²) in [6, 6.07) is 8.31. The predicted octanol–water partition coefficient (Wildman–Crippen LogP) is 5.00. The van der Waals surface area contributed by atoms with E-state index in [1.165, 1.54) is 37.2 Å². The van der Waals surface area contributed by atoms with Crippen LogP contribution in [0, 0.1) is 12.0 Å².